The van der Waals surface area contributed by atoms with Gasteiger partial charge in [-0.2, -0.15) is 0 Å². The van der Waals surface area contributed by atoms with Gasteiger partial charge in [-0.3, -0.25) is 4.90 Å². The van der Waals surface area contributed by atoms with Crippen LogP contribution in [0.4, 0.5) is 0 Å². The molecule has 3 nitrogen and oxygen atoms in total. The molecule has 20 heavy (non-hydrogen) atoms. The largest absolute Gasteiger partial charge is 0.493 e. The van der Waals surface area contributed by atoms with Crippen LogP contribution in [0.1, 0.15) is 24.3 Å². The van der Waals surface area contributed by atoms with Crippen LogP contribution in [0.5, 0.6) is 11.5 Å². The molecule has 4 heteroatoms. The monoisotopic (exact) mass is 295 g/mol. The number of likely N-dealkylation sites (tertiary alicyclic amines) is 1. The number of hydrogen-bond acceptors (Lipinski definition) is 3. The maximum absolute atomic E-state index is 5.99. The lowest BCUT2D eigenvalue weighted by atomic mass is 9.81. The lowest BCUT2D eigenvalue weighted by molar-refractivity contribution is 0.0734. The zero-order chi connectivity index (χ0) is 13.2. The van der Waals surface area contributed by atoms with Gasteiger partial charge in [-0.25, -0.2) is 0 Å². The minimum atomic E-state index is 0. The van der Waals surface area contributed by atoms with E-state index in [2.05, 4.69) is 23.6 Å². The van der Waals surface area contributed by atoms with E-state index >= 15 is 0 Å². The molecule has 1 aromatic carbocycles. The highest BCUT2D eigenvalue weighted by atomic mass is 35.5. The van der Waals surface area contributed by atoms with E-state index in [1.165, 1.54) is 18.4 Å². The van der Waals surface area contributed by atoms with Crippen molar-refractivity contribution in [1.82, 2.24) is 4.90 Å². The summed E-state index contributed by atoms with van der Waals surface area (Å²) in [5.74, 6) is 2.37. The highest BCUT2D eigenvalue weighted by Gasteiger charge is 2.37. The van der Waals surface area contributed by atoms with Crippen molar-refractivity contribution < 1.29 is 9.47 Å². The van der Waals surface area contributed by atoms with Gasteiger partial charge in [0.2, 0.25) is 0 Å². The van der Waals surface area contributed by atoms with E-state index in [4.69, 9.17) is 9.47 Å². The van der Waals surface area contributed by atoms with Crippen LogP contribution in [0.3, 0.4) is 0 Å². The fraction of sp³-hybridized carbons (Fsp3) is 0.500. The van der Waals surface area contributed by atoms with Crippen LogP contribution in [0.2, 0.25) is 0 Å². The van der Waals surface area contributed by atoms with Gasteiger partial charge in [0.05, 0.1) is 13.2 Å². The zero-order valence-electron chi connectivity index (χ0n) is 11.9. The summed E-state index contributed by atoms with van der Waals surface area (Å²) < 4.78 is 11.4. The van der Waals surface area contributed by atoms with Gasteiger partial charge < -0.3 is 9.47 Å². The fourth-order valence-corrected chi connectivity index (χ4v) is 3.41. The quantitative estimate of drug-likeness (QED) is 0.799. The number of fused-ring (bicyclic) bond motifs is 3. The Kier molecular flexibility index (Phi) is 4.95. The Morgan fingerprint density at radius 3 is 3.10 bits per heavy atom. The molecule has 1 aromatic rings. The van der Waals surface area contributed by atoms with Gasteiger partial charge in [0.25, 0.3) is 0 Å². The molecule has 0 radical (unpaired) electrons. The van der Waals surface area contributed by atoms with Crippen LogP contribution in [0.15, 0.2) is 30.9 Å². The average molecular weight is 296 g/mol. The molecule has 0 aromatic heterocycles. The maximum Gasteiger partial charge on any atom is 0.164 e. The number of methoxy groups -OCH3 is 1. The summed E-state index contributed by atoms with van der Waals surface area (Å²) >= 11 is 0. The van der Waals surface area contributed by atoms with Crippen LogP contribution in [-0.2, 0) is 0 Å². The first-order valence-electron chi connectivity index (χ1n) is 6.99. The molecule has 1 fully saturated rings. The summed E-state index contributed by atoms with van der Waals surface area (Å²) in [5, 5.41) is 0. The SMILES string of the molecule is C=CCN1CCC[C@H]2c3cccc(OC)c3OC[C@@H]21.Cl. The molecule has 0 unspecified atom stereocenters. The lowest BCUT2D eigenvalue weighted by Gasteiger charge is -2.44. The van der Waals surface area contributed by atoms with E-state index < -0.39 is 0 Å². The summed E-state index contributed by atoms with van der Waals surface area (Å²) in [4.78, 5) is 2.49. The summed E-state index contributed by atoms with van der Waals surface area (Å²) in [5.41, 5.74) is 1.31. The van der Waals surface area contributed by atoms with E-state index in [0.717, 1.165) is 31.2 Å². The van der Waals surface area contributed by atoms with Gasteiger partial charge in [0.15, 0.2) is 11.5 Å². The second-order valence-electron chi connectivity index (χ2n) is 5.29. The summed E-state index contributed by atoms with van der Waals surface area (Å²) in [6, 6.07) is 6.71. The Balaban J connectivity index is 0.00000147. The van der Waals surface area contributed by atoms with Gasteiger partial charge >= 0.3 is 0 Å². The smallest absolute Gasteiger partial charge is 0.164 e. The third-order valence-electron chi connectivity index (χ3n) is 4.28. The first-order valence-corrected chi connectivity index (χ1v) is 6.99. The van der Waals surface area contributed by atoms with E-state index in [1.54, 1.807) is 7.11 Å². The van der Waals surface area contributed by atoms with Crippen molar-refractivity contribution in [2.24, 2.45) is 0 Å². The highest BCUT2D eigenvalue weighted by molar-refractivity contribution is 5.85. The minimum absolute atomic E-state index is 0. The molecule has 0 saturated carbocycles. The molecule has 0 aliphatic carbocycles. The number of rotatable bonds is 3. The number of nitrogens with zero attached hydrogens (tertiary/aromatic N) is 1. The Hall–Kier alpha value is -1.19. The predicted molar refractivity (Wildman–Crippen MR) is 83.3 cm³/mol. The number of halogens is 1. The summed E-state index contributed by atoms with van der Waals surface area (Å²) in [6.45, 7) is 6.71. The molecule has 3 rings (SSSR count). The molecule has 0 N–H and O–H groups in total. The van der Waals surface area contributed by atoms with Gasteiger partial charge in [0, 0.05) is 18.0 Å². The zero-order valence-corrected chi connectivity index (χ0v) is 12.7. The number of hydrogen-bond donors (Lipinski definition) is 0. The molecule has 2 aliphatic heterocycles. The van der Waals surface area contributed by atoms with Crippen LogP contribution >= 0.6 is 12.4 Å². The van der Waals surface area contributed by atoms with Crippen molar-refractivity contribution in [2.45, 2.75) is 24.8 Å². The first kappa shape index (κ1) is 15.2. The van der Waals surface area contributed by atoms with Crippen LogP contribution in [0.25, 0.3) is 0 Å². The average Bonchev–Trinajstić information content (AvgIpc) is 2.47. The standard InChI is InChI=1S/C16H21NO2.ClH/c1-3-9-17-10-5-7-12-13-6-4-8-15(18-2)16(13)19-11-14(12)17;/h3-4,6,8,12,14H,1,5,7,9-11H2,2H3;1H/t12-,14-;/m0./s1. The lowest BCUT2D eigenvalue weighted by Crippen LogP contribution is -2.49. The molecule has 2 aliphatic rings. The highest BCUT2D eigenvalue weighted by Crippen LogP contribution is 2.45. The number of benzene rings is 1. The van der Waals surface area contributed by atoms with E-state index in [1.807, 2.05) is 12.1 Å². The van der Waals surface area contributed by atoms with Gasteiger partial charge in [-0.15, -0.1) is 19.0 Å². The Morgan fingerprint density at radius 2 is 2.35 bits per heavy atom. The third-order valence-corrected chi connectivity index (χ3v) is 4.28. The molecule has 2 atom stereocenters. The molecule has 0 spiro atoms. The maximum atomic E-state index is 5.99. The Morgan fingerprint density at radius 1 is 1.50 bits per heavy atom. The topological polar surface area (TPSA) is 21.7 Å². The van der Waals surface area contributed by atoms with E-state index in [0.29, 0.717) is 12.0 Å². The second kappa shape index (κ2) is 6.51. The molecule has 2 heterocycles. The van der Waals surface area contributed by atoms with Crippen molar-refractivity contribution in [2.75, 3.05) is 26.8 Å². The third kappa shape index (κ3) is 2.52. The van der Waals surface area contributed by atoms with Crippen molar-refractivity contribution in [3.63, 3.8) is 0 Å². The van der Waals surface area contributed by atoms with Crippen LogP contribution in [0, 0.1) is 0 Å². The fourth-order valence-electron chi connectivity index (χ4n) is 3.41. The second-order valence-corrected chi connectivity index (χ2v) is 5.29. The molecule has 110 valence electrons. The van der Waals surface area contributed by atoms with E-state index in [9.17, 15) is 0 Å². The number of para-hydroxylation sites is 1. The molecule has 1 saturated heterocycles. The van der Waals surface area contributed by atoms with Gasteiger partial charge in [-0.1, -0.05) is 18.2 Å². The van der Waals surface area contributed by atoms with Crippen LogP contribution < -0.4 is 9.47 Å². The Bertz CT molecular complexity index is 478. The Labute approximate surface area is 127 Å². The molecular formula is C16H22ClNO2. The number of ether oxygens (including phenoxy) is 2. The predicted octanol–water partition coefficient (Wildman–Crippen LogP) is 3.24. The summed E-state index contributed by atoms with van der Waals surface area (Å²) in [7, 11) is 1.70. The normalized spacial score (nSPS) is 24.6. The number of piperidine rings is 1. The van der Waals surface area contributed by atoms with E-state index in [-0.39, 0.29) is 12.4 Å². The molecule has 0 amide bonds. The first-order chi connectivity index (χ1) is 9.35. The summed E-state index contributed by atoms with van der Waals surface area (Å²) in [6.07, 6.45) is 4.47. The van der Waals surface area contributed by atoms with Crippen molar-refractivity contribution in [3.8, 4) is 11.5 Å². The van der Waals surface area contributed by atoms with Gasteiger partial charge in [-0.05, 0) is 25.5 Å². The molecule has 0 bridgehead atoms. The van der Waals surface area contributed by atoms with Crippen molar-refractivity contribution >= 4 is 12.4 Å². The van der Waals surface area contributed by atoms with Gasteiger partial charge in [0.1, 0.15) is 6.61 Å². The molecular weight excluding hydrogens is 274 g/mol. The van der Waals surface area contributed by atoms with Crippen LogP contribution in [-0.4, -0.2) is 37.7 Å². The van der Waals surface area contributed by atoms with Crippen molar-refractivity contribution in [3.05, 3.63) is 36.4 Å². The minimum Gasteiger partial charge on any atom is -0.493 e. The van der Waals surface area contributed by atoms with Crippen molar-refractivity contribution in [1.29, 1.82) is 0 Å².